The average Bonchev–Trinajstić information content (AvgIpc) is 3.27. The number of hydrogen-bond acceptors (Lipinski definition) is 3. The Kier molecular flexibility index (Phi) is 5.44. The van der Waals surface area contributed by atoms with Crippen molar-refractivity contribution < 1.29 is 9.84 Å². The lowest BCUT2D eigenvalue weighted by atomic mass is 10.1. The quantitative estimate of drug-likeness (QED) is 0.792. The second-order valence-electron chi connectivity index (χ2n) is 6.20. The zero-order valence-corrected chi connectivity index (χ0v) is 12.9. The molecule has 0 heterocycles. The van der Waals surface area contributed by atoms with Crippen LogP contribution < -0.4 is 4.74 Å². The smallest absolute Gasteiger partial charge is 0.119 e. The molecule has 0 bridgehead atoms. The predicted molar refractivity (Wildman–Crippen MR) is 82.0 cm³/mol. The van der Waals surface area contributed by atoms with Gasteiger partial charge in [-0.15, -0.1) is 0 Å². The van der Waals surface area contributed by atoms with Crippen LogP contribution in [0.5, 0.6) is 5.75 Å². The summed E-state index contributed by atoms with van der Waals surface area (Å²) in [6.45, 7) is 6.32. The molecule has 20 heavy (non-hydrogen) atoms. The van der Waals surface area contributed by atoms with Gasteiger partial charge < -0.3 is 9.84 Å². The Bertz CT molecular complexity index is 415. The van der Waals surface area contributed by atoms with Gasteiger partial charge in [-0.3, -0.25) is 4.90 Å². The minimum Gasteiger partial charge on any atom is -0.497 e. The van der Waals surface area contributed by atoms with Crippen molar-refractivity contribution in [1.29, 1.82) is 0 Å². The van der Waals surface area contributed by atoms with Gasteiger partial charge in [-0.1, -0.05) is 26.0 Å². The van der Waals surface area contributed by atoms with Crippen molar-refractivity contribution in [2.45, 2.75) is 45.3 Å². The zero-order chi connectivity index (χ0) is 14.5. The molecule has 0 spiro atoms. The monoisotopic (exact) mass is 277 g/mol. The van der Waals surface area contributed by atoms with E-state index < -0.39 is 6.10 Å². The molecule has 112 valence electrons. The lowest BCUT2D eigenvalue weighted by Crippen LogP contribution is -2.32. The molecule has 0 amide bonds. The van der Waals surface area contributed by atoms with Gasteiger partial charge in [0.25, 0.3) is 0 Å². The highest BCUT2D eigenvalue weighted by Gasteiger charge is 2.30. The molecular formula is C17H27NO2. The van der Waals surface area contributed by atoms with Gasteiger partial charge in [0, 0.05) is 12.6 Å². The maximum Gasteiger partial charge on any atom is 0.119 e. The van der Waals surface area contributed by atoms with Crippen LogP contribution in [0.25, 0.3) is 0 Å². The van der Waals surface area contributed by atoms with Crippen molar-refractivity contribution in [3.8, 4) is 5.75 Å². The molecule has 1 aromatic carbocycles. The highest BCUT2D eigenvalue weighted by atomic mass is 16.5. The summed E-state index contributed by atoms with van der Waals surface area (Å²) in [6.07, 6.45) is 3.32. The minimum atomic E-state index is -0.433. The second-order valence-corrected chi connectivity index (χ2v) is 6.20. The normalized spacial score (nSPS) is 16.7. The molecule has 1 aliphatic rings. The molecule has 1 N–H and O–H groups in total. The van der Waals surface area contributed by atoms with Gasteiger partial charge in [0.1, 0.15) is 5.75 Å². The second kappa shape index (κ2) is 7.09. The number of hydrogen-bond donors (Lipinski definition) is 1. The topological polar surface area (TPSA) is 32.7 Å². The third kappa shape index (κ3) is 4.50. The van der Waals surface area contributed by atoms with Crippen molar-refractivity contribution >= 4 is 0 Å². The number of ether oxygens (including phenoxy) is 1. The summed E-state index contributed by atoms with van der Waals surface area (Å²) in [5.74, 6) is 1.52. The number of rotatable bonds is 8. The average molecular weight is 277 g/mol. The van der Waals surface area contributed by atoms with Crippen molar-refractivity contribution in [3.63, 3.8) is 0 Å². The summed E-state index contributed by atoms with van der Waals surface area (Å²) in [6, 6.07) is 8.44. The summed E-state index contributed by atoms with van der Waals surface area (Å²) < 4.78 is 5.22. The van der Waals surface area contributed by atoms with E-state index in [1.165, 1.54) is 19.3 Å². The third-order valence-electron chi connectivity index (χ3n) is 3.94. The van der Waals surface area contributed by atoms with Gasteiger partial charge in [0.15, 0.2) is 0 Å². The van der Waals surface area contributed by atoms with Crippen LogP contribution >= 0.6 is 0 Å². The first-order chi connectivity index (χ1) is 9.60. The molecule has 0 aliphatic heterocycles. The molecule has 0 saturated heterocycles. The number of methoxy groups -OCH3 is 1. The van der Waals surface area contributed by atoms with Crippen LogP contribution in [-0.2, 0) is 0 Å². The summed E-state index contributed by atoms with van der Waals surface area (Å²) in [4.78, 5) is 2.45. The summed E-state index contributed by atoms with van der Waals surface area (Å²) in [7, 11) is 1.66. The third-order valence-corrected chi connectivity index (χ3v) is 3.94. The Labute approximate surface area is 122 Å². The fourth-order valence-corrected chi connectivity index (χ4v) is 2.46. The highest BCUT2D eigenvalue weighted by molar-refractivity contribution is 5.30. The van der Waals surface area contributed by atoms with Gasteiger partial charge in [-0.2, -0.15) is 0 Å². The molecule has 0 radical (unpaired) electrons. The largest absolute Gasteiger partial charge is 0.497 e. The fraction of sp³-hybridized carbons (Fsp3) is 0.647. The molecular weight excluding hydrogens is 250 g/mol. The minimum absolute atomic E-state index is 0.433. The van der Waals surface area contributed by atoms with Crippen molar-refractivity contribution in [2.75, 3.05) is 20.2 Å². The first kappa shape index (κ1) is 15.3. The number of aliphatic hydroxyl groups excluding tert-OH is 1. The van der Waals surface area contributed by atoms with Crippen LogP contribution in [0.2, 0.25) is 0 Å². The molecule has 3 nitrogen and oxygen atoms in total. The van der Waals surface area contributed by atoms with E-state index in [9.17, 15) is 5.11 Å². The Morgan fingerprint density at radius 1 is 1.35 bits per heavy atom. The molecule has 1 atom stereocenters. The molecule has 1 aromatic rings. The van der Waals surface area contributed by atoms with E-state index in [1.54, 1.807) is 7.11 Å². The van der Waals surface area contributed by atoms with Crippen LogP contribution in [0.4, 0.5) is 0 Å². The van der Waals surface area contributed by atoms with Gasteiger partial charge >= 0.3 is 0 Å². The van der Waals surface area contributed by atoms with Gasteiger partial charge in [0.05, 0.1) is 13.2 Å². The number of benzene rings is 1. The maximum atomic E-state index is 10.5. The van der Waals surface area contributed by atoms with E-state index in [2.05, 4.69) is 18.7 Å². The Morgan fingerprint density at radius 3 is 2.70 bits per heavy atom. The lowest BCUT2D eigenvalue weighted by Gasteiger charge is -2.26. The van der Waals surface area contributed by atoms with E-state index >= 15 is 0 Å². The standard InChI is InChI=1S/C17H27NO2/c1-13(2)9-10-18(15-7-8-15)12-17(19)14-5-4-6-16(11-14)20-3/h4-6,11,13,15,17,19H,7-10,12H2,1-3H3. The first-order valence-electron chi connectivity index (χ1n) is 7.66. The molecule has 1 unspecified atom stereocenters. The first-order valence-corrected chi connectivity index (χ1v) is 7.66. The summed E-state index contributed by atoms with van der Waals surface area (Å²) in [5, 5.41) is 10.5. The van der Waals surface area contributed by atoms with Crippen LogP contribution in [0.3, 0.4) is 0 Å². The van der Waals surface area contributed by atoms with Crippen LogP contribution in [0.15, 0.2) is 24.3 Å². The Hall–Kier alpha value is -1.06. The molecule has 0 aromatic heterocycles. The number of nitrogens with zero attached hydrogens (tertiary/aromatic N) is 1. The van der Waals surface area contributed by atoms with E-state index in [1.807, 2.05) is 24.3 Å². The van der Waals surface area contributed by atoms with Gasteiger partial charge in [0.2, 0.25) is 0 Å². The molecule has 2 rings (SSSR count). The summed E-state index contributed by atoms with van der Waals surface area (Å²) in [5.41, 5.74) is 0.944. The number of aliphatic hydroxyl groups is 1. The van der Waals surface area contributed by atoms with E-state index in [-0.39, 0.29) is 0 Å². The highest BCUT2D eigenvalue weighted by Crippen LogP contribution is 2.30. The molecule has 1 saturated carbocycles. The van der Waals surface area contributed by atoms with Gasteiger partial charge in [-0.25, -0.2) is 0 Å². The van der Waals surface area contributed by atoms with Crippen molar-refractivity contribution in [2.24, 2.45) is 5.92 Å². The van der Waals surface area contributed by atoms with E-state index in [0.29, 0.717) is 12.0 Å². The summed E-state index contributed by atoms with van der Waals surface area (Å²) >= 11 is 0. The van der Waals surface area contributed by atoms with Crippen molar-refractivity contribution in [1.82, 2.24) is 4.90 Å². The fourth-order valence-electron chi connectivity index (χ4n) is 2.46. The predicted octanol–water partition coefficient (Wildman–Crippen LogP) is 3.24. The van der Waals surface area contributed by atoms with Crippen LogP contribution in [0.1, 0.15) is 44.8 Å². The molecule has 3 heteroatoms. The SMILES string of the molecule is COc1cccc(C(O)CN(CCC(C)C)C2CC2)c1. The zero-order valence-electron chi connectivity index (χ0n) is 12.9. The van der Waals surface area contributed by atoms with Gasteiger partial charge in [-0.05, 0) is 49.4 Å². The maximum absolute atomic E-state index is 10.5. The Balaban J connectivity index is 1.94. The van der Waals surface area contributed by atoms with Crippen LogP contribution in [-0.4, -0.2) is 36.2 Å². The van der Waals surface area contributed by atoms with E-state index in [4.69, 9.17) is 4.74 Å². The molecule has 1 fully saturated rings. The molecule has 1 aliphatic carbocycles. The van der Waals surface area contributed by atoms with Crippen LogP contribution in [0, 0.1) is 5.92 Å². The lowest BCUT2D eigenvalue weighted by molar-refractivity contribution is 0.105. The van der Waals surface area contributed by atoms with Crippen molar-refractivity contribution in [3.05, 3.63) is 29.8 Å². The Morgan fingerprint density at radius 2 is 2.10 bits per heavy atom. The van der Waals surface area contributed by atoms with E-state index in [0.717, 1.165) is 24.4 Å².